The standard InChI is InChI=1S/C12H14N2O4/c1-13-6-9(15)11(16)7-3-4-8-10(5-7)18-12(17)14(8)2/h3-5,9,13,15H,6H2,1-2H3. The number of hydrogen-bond acceptors (Lipinski definition) is 5. The van der Waals surface area contributed by atoms with E-state index >= 15 is 0 Å². The van der Waals surface area contributed by atoms with Crippen LogP contribution in [-0.2, 0) is 7.05 Å². The molecule has 6 nitrogen and oxygen atoms in total. The zero-order valence-corrected chi connectivity index (χ0v) is 10.1. The maximum atomic E-state index is 11.9. The van der Waals surface area contributed by atoms with Crippen LogP contribution in [0.1, 0.15) is 10.4 Å². The summed E-state index contributed by atoms with van der Waals surface area (Å²) in [5.74, 6) is -0.886. The summed E-state index contributed by atoms with van der Waals surface area (Å²) in [5, 5.41) is 12.3. The van der Waals surface area contributed by atoms with Gasteiger partial charge >= 0.3 is 5.76 Å². The lowest BCUT2D eigenvalue weighted by atomic mass is 10.1. The Morgan fingerprint density at radius 3 is 2.94 bits per heavy atom. The van der Waals surface area contributed by atoms with Gasteiger partial charge in [0.2, 0.25) is 0 Å². The SMILES string of the molecule is CNCC(O)C(=O)c1ccc2c(c1)oc(=O)n2C. The summed E-state index contributed by atoms with van der Waals surface area (Å²) >= 11 is 0. The Morgan fingerprint density at radius 1 is 1.56 bits per heavy atom. The van der Waals surface area contributed by atoms with E-state index < -0.39 is 17.6 Å². The normalized spacial score (nSPS) is 12.8. The first kappa shape index (κ1) is 12.5. The number of carbonyl (C=O) groups is 1. The van der Waals surface area contributed by atoms with Crippen molar-refractivity contribution in [3.05, 3.63) is 34.3 Å². The minimum Gasteiger partial charge on any atom is -0.408 e. The highest BCUT2D eigenvalue weighted by Crippen LogP contribution is 2.15. The third kappa shape index (κ3) is 2.07. The number of nitrogens with zero attached hydrogens (tertiary/aromatic N) is 1. The highest BCUT2D eigenvalue weighted by atomic mass is 16.4. The van der Waals surface area contributed by atoms with Crippen LogP contribution in [0, 0.1) is 0 Å². The molecule has 0 saturated carbocycles. The molecule has 0 saturated heterocycles. The molecule has 1 unspecified atom stereocenters. The lowest BCUT2D eigenvalue weighted by Gasteiger charge is -2.08. The molecule has 0 fully saturated rings. The lowest BCUT2D eigenvalue weighted by Crippen LogP contribution is -2.31. The molecule has 1 aromatic heterocycles. The Morgan fingerprint density at radius 2 is 2.28 bits per heavy atom. The minimum absolute atomic E-state index is 0.176. The number of oxazole rings is 1. The summed E-state index contributed by atoms with van der Waals surface area (Å²) in [7, 11) is 3.24. The molecular weight excluding hydrogens is 236 g/mol. The van der Waals surface area contributed by atoms with Crippen LogP contribution < -0.4 is 11.1 Å². The van der Waals surface area contributed by atoms with Crippen LogP contribution in [0.3, 0.4) is 0 Å². The van der Waals surface area contributed by atoms with Crippen molar-refractivity contribution in [1.82, 2.24) is 9.88 Å². The van der Waals surface area contributed by atoms with E-state index in [1.165, 1.54) is 10.6 Å². The van der Waals surface area contributed by atoms with Gasteiger partial charge in [-0.15, -0.1) is 0 Å². The second kappa shape index (κ2) is 4.75. The molecule has 1 atom stereocenters. The predicted octanol–water partition coefficient (Wildman–Crippen LogP) is -0.106. The number of fused-ring (bicyclic) bond motifs is 1. The average molecular weight is 250 g/mol. The van der Waals surface area contributed by atoms with E-state index in [2.05, 4.69) is 5.32 Å². The Hall–Kier alpha value is -1.92. The van der Waals surface area contributed by atoms with Crippen LogP contribution >= 0.6 is 0 Å². The first-order valence-electron chi connectivity index (χ1n) is 5.51. The van der Waals surface area contributed by atoms with Gasteiger partial charge in [-0.1, -0.05) is 0 Å². The molecular formula is C12H14N2O4. The number of aliphatic hydroxyl groups is 1. The maximum absolute atomic E-state index is 11.9. The van der Waals surface area contributed by atoms with Crippen molar-refractivity contribution in [3.63, 3.8) is 0 Å². The second-order valence-corrected chi connectivity index (χ2v) is 4.05. The summed E-state index contributed by atoms with van der Waals surface area (Å²) in [5.41, 5.74) is 1.27. The largest absolute Gasteiger partial charge is 0.419 e. The van der Waals surface area contributed by atoms with E-state index in [9.17, 15) is 14.7 Å². The van der Waals surface area contributed by atoms with Crippen LogP contribution in [0.2, 0.25) is 0 Å². The molecule has 0 spiro atoms. The third-order valence-corrected chi connectivity index (χ3v) is 2.78. The smallest absolute Gasteiger partial charge is 0.408 e. The number of aliphatic hydroxyl groups excluding tert-OH is 1. The molecule has 2 rings (SSSR count). The summed E-state index contributed by atoms with van der Waals surface area (Å²) in [6, 6.07) is 4.66. The van der Waals surface area contributed by atoms with Gasteiger partial charge in [0.25, 0.3) is 0 Å². The predicted molar refractivity (Wildman–Crippen MR) is 65.7 cm³/mol. The van der Waals surface area contributed by atoms with Gasteiger partial charge in [-0.2, -0.15) is 0 Å². The molecule has 2 N–H and O–H groups in total. The van der Waals surface area contributed by atoms with Crippen molar-refractivity contribution in [2.24, 2.45) is 7.05 Å². The van der Waals surface area contributed by atoms with Gasteiger partial charge < -0.3 is 14.8 Å². The Kier molecular flexibility index (Phi) is 3.31. The van der Waals surface area contributed by atoms with Gasteiger partial charge in [-0.05, 0) is 25.2 Å². The van der Waals surface area contributed by atoms with Gasteiger partial charge in [-0.3, -0.25) is 9.36 Å². The lowest BCUT2D eigenvalue weighted by molar-refractivity contribution is 0.0750. The van der Waals surface area contributed by atoms with Crippen molar-refractivity contribution < 1.29 is 14.3 Å². The number of Topliss-reactive ketones (excluding diaryl/α,β-unsaturated/α-hetero) is 1. The van der Waals surface area contributed by atoms with E-state index in [0.29, 0.717) is 16.7 Å². The first-order chi connectivity index (χ1) is 8.54. The molecule has 96 valence electrons. The number of rotatable bonds is 4. The van der Waals surface area contributed by atoms with Gasteiger partial charge in [0.05, 0.1) is 5.52 Å². The maximum Gasteiger partial charge on any atom is 0.419 e. The molecule has 0 amide bonds. The minimum atomic E-state index is -1.11. The van der Waals surface area contributed by atoms with Gasteiger partial charge in [0.15, 0.2) is 11.4 Å². The van der Waals surface area contributed by atoms with Gasteiger partial charge in [0.1, 0.15) is 6.10 Å². The van der Waals surface area contributed by atoms with Crippen LogP contribution in [0.5, 0.6) is 0 Å². The van der Waals surface area contributed by atoms with Crippen LogP contribution in [0.25, 0.3) is 11.1 Å². The molecule has 0 aliphatic rings. The van der Waals surface area contributed by atoms with E-state index in [1.807, 2.05) is 0 Å². The number of benzene rings is 1. The molecule has 0 bridgehead atoms. The van der Waals surface area contributed by atoms with Crippen molar-refractivity contribution in [1.29, 1.82) is 0 Å². The zero-order chi connectivity index (χ0) is 13.3. The van der Waals surface area contributed by atoms with Crippen LogP contribution in [0.4, 0.5) is 0 Å². The third-order valence-electron chi connectivity index (χ3n) is 2.78. The second-order valence-electron chi connectivity index (χ2n) is 4.05. The number of hydrogen-bond donors (Lipinski definition) is 2. The average Bonchev–Trinajstić information content (AvgIpc) is 2.64. The highest BCUT2D eigenvalue weighted by molar-refractivity contribution is 6.01. The van der Waals surface area contributed by atoms with Gasteiger partial charge in [-0.25, -0.2) is 4.79 Å². The van der Waals surface area contributed by atoms with Gasteiger partial charge in [0, 0.05) is 19.2 Å². The number of aromatic nitrogens is 1. The number of nitrogens with one attached hydrogen (secondary N) is 1. The number of likely N-dealkylation sites (N-methyl/N-ethyl adjacent to an activating group) is 1. The summed E-state index contributed by atoms with van der Waals surface area (Å²) in [4.78, 5) is 23.2. The Balaban J connectivity index is 2.41. The first-order valence-corrected chi connectivity index (χ1v) is 5.51. The van der Waals surface area contributed by atoms with Crippen molar-refractivity contribution in [2.75, 3.05) is 13.6 Å². The fraction of sp³-hybridized carbons (Fsp3) is 0.333. The van der Waals surface area contributed by atoms with E-state index in [-0.39, 0.29) is 6.54 Å². The zero-order valence-electron chi connectivity index (χ0n) is 10.1. The summed E-state index contributed by atoms with van der Waals surface area (Å²) in [6.07, 6.45) is -1.11. The van der Waals surface area contributed by atoms with E-state index in [4.69, 9.17) is 4.42 Å². The summed E-state index contributed by atoms with van der Waals surface area (Å²) in [6.45, 7) is 0.176. The highest BCUT2D eigenvalue weighted by Gasteiger charge is 2.17. The quantitative estimate of drug-likeness (QED) is 0.740. The number of carbonyl (C=O) groups excluding carboxylic acids is 1. The molecule has 6 heteroatoms. The Labute approximate surface area is 103 Å². The molecule has 2 aromatic rings. The fourth-order valence-corrected chi connectivity index (χ4v) is 1.77. The van der Waals surface area contributed by atoms with Crippen molar-refractivity contribution >= 4 is 16.9 Å². The molecule has 0 radical (unpaired) electrons. The number of ketones is 1. The topological polar surface area (TPSA) is 84.5 Å². The molecule has 18 heavy (non-hydrogen) atoms. The fourth-order valence-electron chi connectivity index (χ4n) is 1.77. The van der Waals surface area contributed by atoms with Crippen molar-refractivity contribution in [2.45, 2.75) is 6.10 Å². The van der Waals surface area contributed by atoms with E-state index in [1.54, 1.807) is 26.2 Å². The molecule has 0 aliphatic carbocycles. The van der Waals surface area contributed by atoms with Crippen LogP contribution in [0.15, 0.2) is 27.4 Å². The molecule has 1 aromatic carbocycles. The molecule has 0 aliphatic heterocycles. The Bertz CT molecular complexity index is 641. The summed E-state index contributed by atoms with van der Waals surface area (Å²) < 4.78 is 6.34. The van der Waals surface area contributed by atoms with Crippen LogP contribution in [-0.4, -0.2) is 35.2 Å². The van der Waals surface area contributed by atoms with Crippen molar-refractivity contribution in [3.8, 4) is 0 Å². The monoisotopic (exact) mass is 250 g/mol. The van der Waals surface area contributed by atoms with E-state index in [0.717, 1.165) is 0 Å². The number of aryl methyl sites for hydroxylation is 1. The molecule has 1 heterocycles.